The molecular weight excluding hydrogens is 324 g/mol. The Morgan fingerprint density at radius 2 is 2.21 bits per heavy atom. The molecule has 0 aromatic carbocycles. The molecule has 2 aromatic heterocycles. The number of ether oxygens (including phenoxy) is 1. The number of amides is 1. The molecule has 0 aliphatic carbocycles. The standard InChI is InChI=1S/C18H22N2O3S/c21-17(16-5-1-9-22-16)20-7-3-6-18(14-20)13-19(8-10-23-18)12-15-4-2-11-24-15/h1-2,4-5,9,11H,3,6-8,10,12-14H2/t18-/m1/s1. The maximum Gasteiger partial charge on any atom is 0.289 e. The number of rotatable bonds is 3. The summed E-state index contributed by atoms with van der Waals surface area (Å²) in [5.74, 6) is 0.386. The van der Waals surface area contributed by atoms with E-state index in [0.717, 1.165) is 45.6 Å². The summed E-state index contributed by atoms with van der Waals surface area (Å²) >= 11 is 1.80. The van der Waals surface area contributed by atoms with Crippen LogP contribution in [0.1, 0.15) is 28.3 Å². The van der Waals surface area contributed by atoms with Crippen LogP contribution in [0, 0.1) is 0 Å². The molecule has 2 fully saturated rings. The largest absolute Gasteiger partial charge is 0.459 e. The predicted octanol–water partition coefficient (Wildman–Crippen LogP) is 2.85. The highest BCUT2D eigenvalue weighted by Gasteiger charge is 2.42. The molecule has 1 spiro atoms. The van der Waals surface area contributed by atoms with Crippen molar-refractivity contribution in [1.29, 1.82) is 0 Å². The molecule has 5 nitrogen and oxygen atoms in total. The lowest BCUT2D eigenvalue weighted by molar-refractivity contribution is -0.136. The van der Waals surface area contributed by atoms with E-state index in [4.69, 9.17) is 9.15 Å². The van der Waals surface area contributed by atoms with E-state index in [0.29, 0.717) is 12.3 Å². The molecule has 24 heavy (non-hydrogen) atoms. The van der Waals surface area contributed by atoms with Crippen LogP contribution in [0.3, 0.4) is 0 Å². The first-order valence-electron chi connectivity index (χ1n) is 8.46. The summed E-state index contributed by atoms with van der Waals surface area (Å²) in [4.78, 5) is 18.3. The van der Waals surface area contributed by atoms with Gasteiger partial charge in [-0.25, -0.2) is 0 Å². The van der Waals surface area contributed by atoms with Gasteiger partial charge in [-0.15, -0.1) is 11.3 Å². The van der Waals surface area contributed by atoms with E-state index in [1.807, 2.05) is 4.90 Å². The Hall–Kier alpha value is -1.63. The summed E-state index contributed by atoms with van der Waals surface area (Å²) < 4.78 is 11.5. The average Bonchev–Trinajstić information content (AvgIpc) is 3.28. The molecule has 0 unspecified atom stereocenters. The summed E-state index contributed by atoms with van der Waals surface area (Å²) in [5, 5.41) is 2.12. The third-order valence-corrected chi connectivity index (χ3v) is 5.71. The summed E-state index contributed by atoms with van der Waals surface area (Å²) in [5.41, 5.74) is -0.240. The third kappa shape index (κ3) is 3.27. The van der Waals surface area contributed by atoms with E-state index < -0.39 is 0 Å². The van der Waals surface area contributed by atoms with Crippen molar-refractivity contribution in [3.05, 3.63) is 46.5 Å². The summed E-state index contributed by atoms with van der Waals surface area (Å²) in [6, 6.07) is 7.77. The number of likely N-dealkylation sites (tertiary alicyclic amines) is 1. The average molecular weight is 346 g/mol. The number of morpholine rings is 1. The predicted molar refractivity (Wildman–Crippen MR) is 92.1 cm³/mol. The fourth-order valence-electron chi connectivity index (χ4n) is 3.76. The molecule has 0 radical (unpaired) electrons. The van der Waals surface area contributed by atoms with E-state index in [-0.39, 0.29) is 11.5 Å². The molecule has 6 heteroatoms. The van der Waals surface area contributed by atoms with Crippen LogP contribution in [0.5, 0.6) is 0 Å². The molecule has 2 aliphatic rings. The van der Waals surface area contributed by atoms with Gasteiger partial charge >= 0.3 is 0 Å². The number of carbonyl (C=O) groups is 1. The Balaban J connectivity index is 1.44. The molecular formula is C18H22N2O3S. The maximum atomic E-state index is 12.6. The van der Waals surface area contributed by atoms with Crippen LogP contribution in [-0.2, 0) is 11.3 Å². The monoisotopic (exact) mass is 346 g/mol. The normalized spacial score (nSPS) is 25.2. The number of hydrogen-bond acceptors (Lipinski definition) is 5. The Morgan fingerprint density at radius 1 is 1.25 bits per heavy atom. The summed E-state index contributed by atoms with van der Waals surface area (Å²) in [7, 11) is 0. The van der Waals surface area contributed by atoms with Crippen LogP contribution in [0.4, 0.5) is 0 Å². The molecule has 1 amide bonds. The molecule has 4 heterocycles. The minimum absolute atomic E-state index is 0.0296. The van der Waals surface area contributed by atoms with E-state index in [1.54, 1.807) is 29.7 Å². The Bertz CT molecular complexity index is 667. The van der Waals surface area contributed by atoms with Gasteiger partial charge in [0.05, 0.1) is 25.0 Å². The lowest BCUT2D eigenvalue weighted by Gasteiger charge is -2.47. The van der Waals surface area contributed by atoms with E-state index in [9.17, 15) is 4.79 Å². The van der Waals surface area contributed by atoms with Crippen molar-refractivity contribution in [2.24, 2.45) is 0 Å². The van der Waals surface area contributed by atoms with Gasteiger partial charge in [0.15, 0.2) is 5.76 Å². The van der Waals surface area contributed by atoms with Crippen LogP contribution >= 0.6 is 11.3 Å². The van der Waals surface area contributed by atoms with Crippen LogP contribution < -0.4 is 0 Å². The van der Waals surface area contributed by atoms with Crippen LogP contribution in [0.15, 0.2) is 40.3 Å². The van der Waals surface area contributed by atoms with E-state index in [2.05, 4.69) is 22.4 Å². The van der Waals surface area contributed by atoms with Crippen molar-refractivity contribution in [3.8, 4) is 0 Å². The number of piperidine rings is 1. The first-order valence-corrected chi connectivity index (χ1v) is 9.34. The second-order valence-electron chi connectivity index (χ2n) is 6.63. The van der Waals surface area contributed by atoms with Gasteiger partial charge in [-0.05, 0) is 36.4 Å². The lowest BCUT2D eigenvalue weighted by atomic mass is 9.90. The van der Waals surface area contributed by atoms with Gasteiger partial charge in [-0.2, -0.15) is 0 Å². The van der Waals surface area contributed by atoms with Crippen LogP contribution in [0.25, 0.3) is 0 Å². The molecule has 2 saturated heterocycles. The molecule has 0 saturated carbocycles. The Labute approximate surface area is 145 Å². The van der Waals surface area contributed by atoms with Crippen molar-refractivity contribution in [1.82, 2.24) is 9.80 Å². The highest BCUT2D eigenvalue weighted by Crippen LogP contribution is 2.30. The number of hydrogen-bond donors (Lipinski definition) is 0. The van der Waals surface area contributed by atoms with Gasteiger partial charge in [0.1, 0.15) is 0 Å². The number of nitrogens with zero attached hydrogens (tertiary/aromatic N) is 2. The van der Waals surface area contributed by atoms with Gasteiger partial charge in [-0.1, -0.05) is 6.07 Å². The zero-order valence-corrected chi connectivity index (χ0v) is 14.5. The van der Waals surface area contributed by atoms with E-state index in [1.165, 1.54) is 4.88 Å². The molecule has 1 atom stereocenters. The minimum Gasteiger partial charge on any atom is -0.459 e. The van der Waals surface area contributed by atoms with Gasteiger partial charge in [0.2, 0.25) is 0 Å². The van der Waals surface area contributed by atoms with Gasteiger partial charge in [0.25, 0.3) is 5.91 Å². The maximum absolute atomic E-state index is 12.6. The molecule has 128 valence electrons. The molecule has 4 rings (SSSR count). The van der Waals surface area contributed by atoms with Crippen molar-refractivity contribution in [2.75, 3.05) is 32.8 Å². The number of furan rings is 1. The molecule has 2 aliphatic heterocycles. The quantitative estimate of drug-likeness (QED) is 0.857. The SMILES string of the molecule is O=C(c1ccco1)N1CCC[C@@]2(CN(Cc3cccs3)CCO2)C1. The molecule has 0 N–H and O–H groups in total. The summed E-state index contributed by atoms with van der Waals surface area (Å²) in [6.07, 6.45) is 3.53. The van der Waals surface area contributed by atoms with Crippen molar-refractivity contribution >= 4 is 17.2 Å². The fraction of sp³-hybridized carbons (Fsp3) is 0.500. The number of carbonyl (C=O) groups excluding carboxylic acids is 1. The minimum atomic E-state index is -0.240. The highest BCUT2D eigenvalue weighted by molar-refractivity contribution is 7.09. The van der Waals surface area contributed by atoms with Gasteiger partial charge < -0.3 is 14.1 Å². The Morgan fingerprint density at radius 3 is 3.00 bits per heavy atom. The second kappa shape index (κ2) is 6.70. The lowest BCUT2D eigenvalue weighted by Crippen LogP contribution is -2.60. The third-order valence-electron chi connectivity index (χ3n) is 4.85. The second-order valence-corrected chi connectivity index (χ2v) is 7.66. The van der Waals surface area contributed by atoms with E-state index >= 15 is 0 Å². The highest BCUT2D eigenvalue weighted by atomic mass is 32.1. The van der Waals surface area contributed by atoms with Crippen molar-refractivity contribution < 1.29 is 13.9 Å². The molecule has 2 aromatic rings. The number of thiophene rings is 1. The van der Waals surface area contributed by atoms with Crippen molar-refractivity contribution in [3.63, 3.8) is 0 Å². The first-order chi connectivity index (χ1) is 11.7. The van der Waals surface area contributed by atoms with Crippen LogP contribution in [0.2, 0.25) is 0 Å². The topological polar surface area (TPSA) is 45.9 Å². The zero-order chi connectivity index (χ0) is 16.4. The van der Waals surface area contributed by atoms with Crippen LogP contribution in [-0.4, -0.2) is 54.1 Å². The molecule has 0 bridgehead atoms. The van der Waals surface area contributed by atoms with Gasteiger partial charge in [0, 0.05) is 31.1 Å². The smallest absolute Gasteiger partial charge is 0.289 e. The summed E-state index contributed by atoms with van der Waals surface area (Å²) in [6.45, 7) is 4.95. The zero-order valence-electron chi connectivity index (χ0n) is 13.6. The fourth-order valence-corrected chi connectivity index (χ4v) is 4.50. The Kier molecular flexibility index (Phi) is 4.43. The van der Waals surface area contributed by atoms with Crippen molar-refractivity contribution in [2.45, 2.75) is 25.0 Å². The van der Waals surface area contributed by atoms with Gasteiger partial charge in [-0.3, -0.25) is 9.69 Å². The first kappa shape index (κ1) is 15.9.